The van der Waals surface area contributed by atoms with Crippen molar-refractivity contribution in [2.45, 2.75) is 39.5 Å². The predicted octanol–water partition coefficient (Wildman–Crippen LogP) is 4.30. The maximum atomic E-state index is 12.1. The number of rotatable bonds is 6. The molecular formula is C18H22O4. The lowest BCUT2D eigenvalue weighted by Crippen LogP contribution is -2.07. The summed E-state index contributed by atoms with van der Waals surface area (Å²) in [5, 5.41) is 21.3. The van der Waals surface area contributed by atoms with Gasteiger partial charge in [-0.1, -0.05) is 43.9 Å². The molecule has 2 aromatic rings. The third kappa shape index (κ3) is 3.50. The molecule has 2 rings (SSSR count). The van der Waals surface area contributed by atoms with Crippen LogP contribution in [0.25, 0.3) is 10.8 Å². The van der Waals surface area contributed by atoms with Crippen molar-refractivity contribution >= 4 is 16.7 Å². The monoisotopic (exact) mass is 302 g/mol. The van der Waals surface area contributed by atoms with Gasteiger partial charge in [0.05, 0.1) is 6.61 Å². The number of benzene rings is 2. The highest BCUT2D eigenvalue weighted by Gasteiger charge is 2.18. The number of fused-ring (bicyclic) bond motifs is 1. The van der Waals surface area contributed by atoms with Crippen molar-refractivity contribution < 1.29 is 19.7 Å². The van der Waals surface area contributed by atoms with Gasteiger partial charge in [0.25, 0.3) is 0 Å². The molecule has 0 heterocycles. The molecule has 0 amide bonds. The van der Waals surface area contributed by atoms with Gasteiger partial charge in [0.1, 0.15) is 17.1 Å². The second-order valence-electron chi connectivity index (χ2n) is 5.54. The Kier molecular flexibility index (Phi) is 5.26. The molecule has 0 atom stereocenters. The number of phenolic OH excluding ortho intramolecular Hbond substituents is 2. The summed E-state index contributed by atoms with van der Waals surface area (Å²) in [6.45, 7) is 4.34. The van der Waals surface area contributed by atoms with Crippen LogP contribution in [-0.2, 0) is 4.74 Å². The summed E-state index contributed by atoms with van der Waals surface area (Å²) < 4.78 is 5.17. The smallest absolute Gasteiger partial charge is 0.342 e. The van der Waals surface area contributed by atoms with Crippen LogP contribution in [0.2, 0.25) is 0 Å². The van der Waals surface area contributed by atoms with Crippen molar-refractivity contribution in [3.05, 3.63) is 35.4 Å². The highest BCUT2D eigenvalue weighted by molar-refractivity contribution is 6.03. The van der Waals surface area contributed by atoms with Crippen molar-refractivity contribution in [2.75, 3.05) is 6.61 Å². The Hall–Kier alpha value is -2.23. The maximum Gasteiger partial charge on any atom is 0.342 e. The number of esters is 1. The van der Waals surface area contributed by atoms with E-state index in [-0.39, 0.29) is 17.1 Å². The third-order valence-electron chi connectivity index (χ3n) is 3.69. The van der Waals surface area contributed by atoms with Gasteiger partial charge in [-0.3, -0.25) is 0 Å². The summed E-state index contributed by atoms with van der Waals surface area (Å²) in [7, 11) is 0. The van der Waals surface area contributed by atoms with Crippen LogP contribution in [0.1, 0.15) is 48.5 Å². The number of carbonyl (C=O) groups excluding carboxylic acids is 1. The molecule has 2 N–H and O–H groups in total. The van der Waals surface area contributed by atoms with Crippen LogP contribution in [0.15, 0.2) is 24.3 Å². The van der Waals surface area contributed by atoms with Gasteiger partial charge in [0, 0.05) is 10.8 Å². The minimum absolute atomic E-state index is 0.00402. The van der Waals surface area contributed by atoms with Gasteiger partial charge in [-0.15, -0.1) is 0 Å². The zero-order chi connectivity index (χ0) is 16.1. The van der Waals surface area contributed by atoms with E-state index in [0.717, 1.165) is 31.2 Å². The normalized spacial score (nSPS) is 10.8. The second-order valence-corrected chi connectivity index (χ2v) is 5.54. The molecule has 0 aliphatic heterocycles. The van der Waals surface area contributed by atoms with Crippen molar-refractivity contribution in [1.82, 2.24) is 0 Å². The minimum Gasteiger partial charge on any atom is -0.507 e. The topological polar surface area (TPSA) is 66.8 Å². The summed E-state index contributed by atoms with van der Waals surface area (Å²) in [5.74, 6) is -0.785. The van der Waals surface area contributed by atoms with Crippen molar-refractivity contribution in [3.8, 4) is 11.5 Å². The lowest BCUT2D eigenvalue weighted by Gasteiger charge is -2.10. The van der Waals surface area contributed by atoms with E-state index in [1.54, 1.807) is 12.1 Å². The van der Waals surface area contributed by atoms with E-state index in [2.05, 4.69) is 6.92 Å². The van der Waals surface area contributed by atoms with Crippen LogP contribution >= 0.6 is 0 Å². The highest BCUT2D eigenvalue weighted by Crippen LogP contribution is 2.36. The number of aryl methyl sites for hydroxylation is 1. The van der Waals surface area contributed by atoms with Gasteiger partial charge in [0.2, 0.25) is 0 Å². The molecule has 22 heavy (non-hydrogen) atoms. The molecule has 118 valence electrons. The maximum absolute atomic E-state index is 12.1. The molecule has 0 saturated carbocycles. The molecule has 0 radical (unpaired) electrons. The average molecular weight is 302 g/mol. The molecule has 0 aromatic heterocycles. The summed E-state index contributed by atoms with van der Waals surface area (Å²) in [5.41, 5.74) is 0.970. The Labute approximate surface area is 130 Å². The first-order valence-corrected chi connectivity index (χ1v) is 7.67. The molecule has 0 saturated heterocycles. The third-order valence-corrected chi connectivity index (χ3v) is 3.69. The SMILES string of the molecule is CCCCCCOC(=O)c1cc(O)c2cc(C)ccc2c1O. The first-order valence-electron chi connectivity index (χ1n) is 7.67. The first-order chi connectivity index (χ1) is 10.5. The van der Waals surface area contributed by atoms with Gasteiger partial charge in [0.15, 0.2) is 0 Å². The molecule has 0 unspecified atom stereocenters. The Morgan fingerprint density at radius 1 is 1.09 bits per heavy atom. The standard InChI is InChI=1S/C18H22O4/c1-3-4-5-6-9-22-18(21)15-11-16(19)14-10-12(2)7-8-13(14)17(15)20/h7-8,10-11,19-20H,3-6,9H2,1-2H3. The molecular weight excluding hydrogens is 280 g/mol. The number of ether oxygens (including phenoxy) is 1. The summed E-state index contributed by atoms with van der Waals surface area (Å²) in [6.07, 6.45) is 4.04. The zero-order valence-electron chi connectivity index (χ0n) is 13.1. The van der Waals surface area contributed by atoms with Crippen LogP contribution in [0.3, 0.4) is 0 Å². The zero-order valence-corrected chi connectivity index (χ0v) is 13.1. The van der Waals surface area contributed by atoms with Gasteiger partial charge in [-0.25, -0.2) is 4.79 Å². The van der Waals surface area contributed by atoms with Crippen molar-refractivity contribution in [2.24, 2.45) is 0 Å². The van der Waals surface area contributed by atoms with Gasteiger partial charge < -0.3 is 14.9 Å². The summed E-state index contributed by atoms with van der Waals surface area (Å²) in [6, 6.07) is 6.55. The Balaban J connectivity index is 2.19. The van der Waals surface area contributed by atoms with Crippen LogP contribution in [0.5, 0.6) is 11.5 Å². The quantitative estimate of drug-likeness (QED) is 0.474. The van der Waals surface area contributed by atoms with Gasteiger partial charge in [-0.2, -0.15) is 0 Å². The lowest BCUT2D eigenvalue weighted by atomic mass is 10.0. The van der Waals surface area contributed by atoms with E-state index in [9.17, 15) is 15.0 Å². The Morgan fingerprint density at radius 2 is 1.86 bits per heavy atom. The van der Waals surface area contributed by atoms with Gasteiger partial charge >= 0.3 is 5.97 Å². The minimum atomic E-state index is -0.605. The fraction of sp³-hybridized carbons (Fsp3) is 0.389. The van der Waals surface area contributed by atoms with E-state index in [1.165, 1.54) is 6.07 Å². The van der Waals surface area contributed by atoms with E-state index in [1.807, 2.05) is 13.0 Å². The second kappa shape index (κ2) is 7.16. The van der Waals surface area contributed by atoms with Crippen LogP contribution in [0.4, 0.5) is 0 Å². The molecule has 4 nitrogen and oxygen atoms in total. The molecule has 0 spiro atoms. The van der Waals surface area contributed by atoms with Crippen LogP contribution < -0.4 is 0 Å². The van der Waals surface area contributed by atoms with Crippen molar-refractivity contribution in [1.29, 1.82) is 0 Å². The summed E-state index contributed by atoms with van der Waals surface area (Å²) in [4.78, 5) is 12.1. The van der Waals surface area contributed by atoms with Gasteiger partial charge in [-0.05, 0) is 25.5 Å². The van der Waals surface area contributed by atoms with E-state index >= 15 is 0 Å². The fourth-order valence-electron chi connectivity index (χ4n) is 2.43. The number of phenols is 2. The number of hydrogen-bond acceptors (Lipinski definition) is 4. The van der Waals surface area contributed by atoms with Crippen LogP contribution in [0, 0.1) is 6.92 Å². The fourth-order valence-corrected chi connectivity index (χ4v) is 2.43. The Bertz CT molecular complexity index is 676. The first kappa shape index (κ1) is 16.1. The van der Waals surface area contributed by atoms with E-state index < -0.39 is 5.97 Å². The Morgan fingerprint density at radius 3 is 2.59 bits per heavy atom. The molecule has 0 fully saturated rings. The summed E-state index contributed by atoms with van der Waals surface area (Å²) >= 11 is 0. The molecule has 0 aliphatic rings. The number of hydrogen-bond donors (Lipinski definition) is 2. The van der Waals surface area contributed by atoms with E-state index in [0.29, 0.717) is 17.4 Å². The average Bonchev–Trinajstić information content (AvgIpc) is 2.50. The van der Waals surface area contributed by atoms with Crippen LogP contribution in [-0.4, -0.2) is 22.8 Å². The number of aromatic hydroxyl groups is 2. The van der Waals surface area contributed by atoms with E-state index in [4.69, 9.17) is 4.74 Å². The molecule has 0 aliphatic carbocycles. The lowest BCUT2D eigenvalue weighted by molar-refractivity contribution is 0.0494. The number of unbranched alkanes of at least 4 members (excludes halogenated alkanes) is 3. The largest absolute Gasteiger partial charge is 0.507 e. The predicted molar refractivity (Wildman–Crippen MR) is 86.4 cm³/mol. The highest BCUT2D eigenvalue weighted by atomic mass is 16.5. The number of carbonyl (C=O) groups is 1. The molecule has 0 bridgehead atoms. The van der Waals surface area contributed by atoms with Crippen molar-refractivity contribution in [3.63, 3.8) is 0 Å². The molecule has 2 aromatic carbocycles. The molecule has 4 heteroatoms.